The lowest BCUT2D eigenvalue weighted by Crippen LogP contribution is -2.19. The molecule has 0 saturated carbocycles. The Kier molecular flexibility index (Phi) is 6.50. The van der Waals surface area contributed by atoms with Crippen LogP contribution in [0.1, 0.15) is 46.0 Å². The normalized spacial score (nSPS) is 12.3. The maximum atomic E-state index is 12.5. The van der Waals surface area contributed by atoms with Crippen LogP contribution in [-0.2, 0) is 0 Å². The van der Waals surface area contributed by atoms with E-state index in [9.17, 15) is 4.79 Å². The third kappa shape index (κ3) is 4.89. The van der Waals surface area contributed by atoms with Gasteiger partial charge in [0.05, 0.1) is 12.6 Å². The number of methoxy groups -OCH3 is 1. The van der Waals surface area contributed by atoms with Gasteiger partial charge in [-0.3, -0.25) is 9.78 Å². The molecule has 5 nitrogen and oxygen atoms in total. The minimum atomic E-state index is -0.0922. The Morgan fingerprint density at radius 2 is 2.00 bits per heavy atom. The number of nitrogens with one attached hydrogen (secondary N) is 2. The van der Waals surface area contributed by atoms with Gasteiger partial charge in [0, 0.05) is 10.9 Å². The maximum Gasteiger partial charge on any atom is 0.270 e. The summed E-state index contributed by atoms with van der Waals surface area (Å²) in [4.78, 5) is 21.0. The Labute approximate surface area is 163 Å². The van der Waals surface area contributed by atoms with E-state index in [0.717, 1.165) is 28.1 Å². The van der Waals surface area contributed by atoms with E-state index in [1.807, 2.05) is 30.3 Å². The third-order valence-electron chi connectivity index (χ3n) is 4.63. The Morgan fingerprint density at radius 1 is 1.22 bits per heavy atom. The van der Waals surface area contributed by atoms with Crippen LogP contribution in [0.4, 0.5) is 5.95 Å². The summed E-state index contributed by atoms with van der Waals surface area (Å²) < 4.78 is 5.86. The summed E-state index contributed by atoms with van der Waals surface area (Å²) in [6.45, 7) is 4.35. The van der Waals surface area contributed by atoms with Gasteiger partial charge in [-0.1, -0.05) is 32.6 Å². The number of hydrogen-bond acceptors (Lipinski definition) is 5. The van der Waals surface area contributed by atoms with Gasteiger partial charge >= 0.3 is 0 Å². The molecular formula is C21H27N3O2S. The molecule has 2 N–H and O–H groups in total. The predicted octanol–water partition coefficient (Wildman–Crippen LogP) is 5.43. The van der Waals surface area contributed by atoms with Crippen LogP contribution in [0.3, 0.4) is 0 Å². The van der Waals surface area contributed by atoms with Crippen LogP contribution in [-0.4, -0.2) is 23.1 Å². The van der Waals surface area contributed by atoms with Crippen molar-refractivity contribution >= 4 is 27.5 Å². The summed E-state index contributed by atoms with van der Waals surface area (Å²) in [6, 6.07) is 10.1. The highest BCUT2D eigenvalue weighted by Gasteiger charge is 2.12. The second kappa shape index (κ2) is 9.04. The number of fused-ring (bicyclic) bond motifs is 1. The minimum Gasteiger partial charge on any atom is -0.497 e. The van der Waals surface area contributed by atoms with Crippen LogP contribution in [0.15, 0.2) is 35.1 Å². The predicted molar refractivity (Wildman–Crippen MR) is 114 cm³/mol. The summed E-state index contributed by atoms with van der Waals surface area (Å²) in [5.41, 5.74) is 1.69. The molecule has 0 radical (unpaired) electrons. The van der Waals surface area contributed by atoms with Crippen LogP contribution >= 0.6 is 11.3 Å². The van der Waals surface area contributed by atoms with Gasteiger partial charge in [-0.2, -0.15) is 0 Å². The number of aromatic amines is 1. The van der Waals surface area contributed by atoms with Crippen LogP contribution in [0, 0.1) is 0 Å². The highest BCUT2D eigenvalue weighted by Crippen LogP contribution is 2.32. The Morgan fingerprint density at radius 3 is 2.70 bits per heavy atom. The number of ether oxygens (including phenoxy) is 1. The van der Waals surface area contributed by atoms with Gasteiger partial charge < -0.3 is 10.1 Å². The van der Waals surface area contributed by atoms with Crippen molar-refractivity contribution < 1.29 is 4.74 Å². The largest absolute Gasteiger partial charge is 0.497 e. The van der Waals surface area contributed by atoms with E-state index < -0.39 is 0 Å². The number of rotatable bonds is 9. The summed E-state index contributed by atoms with van der Waals surface area (Å²) in [7, 11) is 1.65. The van der Waals surface area contributed by atoms with Gasteiger partial charge in [0.2, 0.25) is 5.95 Å². The molecule has 2 heterocycles. The molecule has 27 heavy (non-hydrogen) atoms. The molecule has 0 saturated heterocycles. The molecule has 1 atom stereocenters. The lowest BCUT2D eigenvalue weighted by atomic mass is 10.1. The summed E-state index contributed by atoms with van der Waals surface area (Å²) in [5, 5.41) is 3.34. The first-order valence-electron chi connectivity index (χ1n) is 9.55. The zero-order chi connectivity index (χ0) is 19.2. The molecule has 0 aliphatic carbocycles. The first-order chi connectivity index (χ1) is 13.1. The Bertz CT molecular complexity index is 931. The number of hydrogen-bond donors (Lipinski definition) is 2. The van der Waals surface area contributed by atoms with E-state index in [0.29, 0.717) is 10.6 Å². The molecule has 3 rings (SSSR count). The van der Waals surface area contributed by atoms with Crippen molar-refractivity contribution in [2.75, 3.05) is 12.4 Å². The fourth-order valence-electron chi connectivity index (χ4n) is 3.09. The molecule has 0 aliphatic rings. The number of aromatic nitrogens is 2. The third-order valence-corrected chi connectivity index (χ3v) is 5.80. The standard InChI is InChI=1S/C21H27N3O2S/c1-4-5-6-7-8-14(2)22-21-23-17-13-18(27-19(17)20(25)24-21)15-9-11-16(26-3)12-10-15/h9-14H,4-8H2,1-3H3,(H2,22,23,24,25). The fraction of sp³-hybridized carbons (Fsp3) is 0.429. The van der Waals surface area contributed by atoms with Gasteiger partial charge in [-0.05, 0) is 49.2 Å². The van der Waals surface area contributed by atoms with Crippen molar-refractivity contribution in [1.29, 1.82) is 0 Å². The molecule has 1 unspecified atom stereocenters. The van der Waals surface area contributed by atoms with E-state index in [1.165, 1.54) is 37.0 Å². The lowest BCUT2D eigenvalue weighted by molar-refractivity contribution is 0.415. The van der Waals surface area contributed by atoms with Crippen LogP contribution in [0.5, 0.6) is 5.75 Å². The highest BCUT2D eigenvalue weighted by molar-refractivity contribution is 7.22. The number of thiophene rings is 1. The molecular weight excluding hydrogens is 358 g/mol. The Balaban J connectivity index is 1.76. The van der Waals surface area contributed by atoms with Crippen molar-refractivity contribution in [1.82, 2.24) is 9.97 Å². The van der Waals surface area contributed by atoms with Crippen LogP contribution < -0.4 is 15.6 Å². The second-order valence-electron chi connectivity index (χ2n) is 6.86. The maximum absolute atomic E-state index is 12.5. The zero-order valence-corrected chi connectivity index (χ0v) is 17.0. The quantitative estimate of drug-likeness (QED) is 0.482. The van der Waals surface area contributed by atoms with Crippen molar-refractivity contribution in [3.05, 3.63) is 40.7 Å². The number of H-pyrrole nitrogens is 1. The van der Waals surface area contributed by atoms with Crippen LogP contribution in [0.25, 0.3) is 20.7 Å². The molecule has 0 fully saturated rings. The number of benzene rings is 1. The average molecular weight is 386 g/mol. The molecule has 0 aliphatic heterocycles. The van der Waals surface area contributed by atoms with E-state index in [2.05, 4.69) is 29.1 Å². The first-order valence-corrected chi connectivity index (χ1v) is 10.4. The molecule has 2 aromatic heterocycles. The Hall–Kier alpha value is -2.34. The van der Waals surface area contributed by atoms with Crippen molar-refractivity contribution in [2.24, 2.45) is 0 Å². The topological polar surface area (TPSA) is 67.0 Å². The van der Waals surface area contributed by atoms with E-state index in [1.54, 1.807) is 7.11 Å². The molecule has 0 spiro atoms. The highest BCUT2D eigenvalue weighted by atomic mass is 32.1. The summed E-state index contributed by atoms with van der Waals surface area (Å²) >= 11 is 1.46. The number of nitrogens with zero attached hydrogens (tertiary/aromatic N) is 1. The van der Waals surface area contributed by atoms with Crippen LogP contribution in [0.2, 0.25) is 0 Å². The van der Waals surface area contributed by atoms with Crippen molar-refractivity contribution in [2.45, 2.75) is 52.0 Å². The van der Waals surface area contributed by atoms with Gasteiger partial charge in [-0.15, -0.1) is 11.3 Å². The second-order valence-corrected chi connectivity index (χ2v) is 7.91. The average Bonchev–Trinajstić information content (AvgIpc) is 3.10. The molecule has 144 valence electrons. The monoisotopic (exact) mass is 385 g/mol. The molecule has 0 bridgehead atoms. The van der Waals surface area contributed by atoms with Gasteiger partial charge in [0.15, 0.2) is 0 Å². The van der Waals surface area contributed by atoms with Gasteiger partial charge in [0.1, 0.15) is 10.4 Å². The number of anilines is 1. The summed E-state index contributed by atoms with van der Waals surface area (Å²) in [6.07, 6.45) is 6.02. The SMILES string of the molecule is CCCCCCC(C)Nc1nc2cc(-c3ccc(OC)cc3)sc2c(=O)[nH]1. The van der Waals surface area contributed by atoms with E-state index in [-0.39, 0.29) is 11.6 Å². The number of unbranched alkanes of at least 4 members (excludes halogenated alkanes) is 3. The fourth-order valence-corrected chi connectivity index (χ4v) is 4.09. The molecule has 6 heteroatoms. The summed E-state index contributed by atoms with van der Waals surface area (Å²) in [5.74, 6) is 1.37. The molecule has 3 aromatic rings. The van der Waals surface area contributed by atoms with Gasteiger partial charge in [-0.25, -0.2) is 4.98 Å². The van der Waals surface area contributed by atoms with Gasteiger partial charge in [0.25, 0.3) is 5.56 Å². The lowest BCUT2D eigenvalue weighted by Gasteiger charge is -2.13. The van der Waals surface area contributed by atoms with E-state index >= 15 is 0 Å². The van der Waals surface area contributed by atoms with Crippen molar-refractivity contribution in [3.63, 3.8) is 0 Å². The zero-order valence-electron chi connectivity index (χ0n) is 16.2. The van der Waals surface area contributed by atoms with E-state index in [4.69, 9.17) is 4.74 Å². The smallest absolute Gasteiger partial charge is 0.270 e. The minimum absolute atomic E-state index is 0.0922. The first kappa shape index (κ1) is 19.4. The molecule has 1 aromatic carbocycles. The van der Waals surface area contributed by atoms with Crippen molar-refractivity contribution in [3.8, 4) is 16.2 Å². The molecule has 0 amide bonds.